The van der Waals surface area contributed by atoms with Crippen molar-refractivity contribution in [2.45, 2.75) is 18.6 Å². The number of ether oxygens (including phenoxy) is 2. The van der Waals surface area contributed by atoms with Gasteiger partial charge in [-0.3, -0.25) is 4.79 Å². The van der Waals surface area contributed by atoms with Gasteiger partial charge in [0.15, 0.2) is 17.6 Å². The van der Waals surface area contributed by atoms with Crippen molar-refractivity contribution in [2.24, 2.45) is 0 Å². The molecule has 0 amide bonds. The van der Waals surface area contributed by atoms with Crippen LogP contribution in [0.1, 0.15) is 17.5 Å². The molecule has 1 atom stereocenters. The minimum absolute atomic E-state index is 0.0159. The molecule has 0 bridgehead atoms. The van der Waals surface area contributed by atoms with Gasteiger partial charge in [-0.2, -0.15) is 0 Å². The predicted molar refractivity (Wildman–Crippen MR) is 95.7 cm³/mol. The molecule has 2 aromatic carbocycles. The van der Waals surface area contributed by atoms with Gasteiger partial charge in [0.05, 0.1) is 13.7 Å². The van der Waals surface area contributed by atoms with Crippen LogP contribution in [0.25, 0.3) is 5.57 Å². The Hall–Kier alpha value is -2.85. The summed E-state index contributed by atoms with van der Waals surface area (Å²) in [6.45, 7) is 0.279. The highest BCUT2D eigenvalue weighted by Crippen LogP contribution is 2.40. The first-order chi connectivity index (χ1) is 12.2. The van der Waals surface area contributed by atoms with Gasteiger partial charge in [0.25, 0.3) is 0 Å². The van der Waals surface area contributed by atoms with Crippen LogP contribution in [0.15, 0.2) is 78.3 Å². The van der Waals surface area contributed by atoms with Crippen LogP contribution in [-0.4, -0.2) is 24.1 Å². The van der Waals surface area contributed by atoms with Crippen LogP contribution >= 0.6 is 0 Å². The minimum atomic E-state index is -1.21. The molecule has 0 spiro atoms. The number of hydrogen-bond acceptors (Lipinski definition) is 4. The van der Waals surface area contributed by atoms with Gasteiger partial charge in [-0.15, -0.1) is 0 Å². The lowest BCUT2D eigenvalue weighted by atomic mass is 9.81. The molecule has 0 radical (unpaired) electrons. The van der Waals surface area contributed by atoms with Crippen LogP contribution in [-0.2, 0) is 20.9 Å². The molecule has 128 valence electrons. The summed E-state index contributed by atoms with van der Waals surface area (Å²) in [7, 11) is 1.47. The van der Waals surface area contributed by atoms with E-state index in [9.17, 15) is 9.90 Å². The number of methoxy groups -OCH3 is 1. The summed E-state index contributed by atoms with van der Waals surface area (Å²) >= 11 is 0. The SMILES string of the molecule is COC1=C(O)C=C(c2ccccc2)C(C=O)(OCc2ccccc2)C1. The van der Waals surface area contributed by atoms with Crippen molar-refractivity contribution in [1.82, 2.24) is 0 Å². The average molecular weight is 336 g/mol. The van der Waals surface area contributed by atoms with E-state index in [-0.39, 0.29) is 18.8 Å². The Morgan fingerprint density at radius 2 is 1.72 bits per heavy atom. The summed E-state index contributed by atoms with van der Waals surface area (Å²) in [4.78, 5) is 12.1. The third kappa shape index (κ3) is 3.49. The number of benzene rings is 2. The summed E-state index contributed by atoms with van der Waals surface area (Å²) < 4.78 is 11.3. The lowest BCUT2D eigenvalue weighted by molar-refractivity contribution is -0.126. The number of hydrogen-bond donors (Lipinski definition) is 1. The van der Waals surface area contributed by atoms with E-state index < -0.39 is 5.60 Å². The van der Waals surface area contributed by atoms with Crippen molar-refractivity contribution >= 4 is 11.9 Å². The summed E-state index contributed by atoms with van der Waals surface area (Å²) in [5, 5.41) is 10.2. The maximum absolute atomic E-state index is 12.1. The quantitative estimate of drug-likeness (QED) is 0.809. The number of aldehydes is 1. The van der Waals surface area contributed by atoms with Crippen LogP contribution < -0.4 is 0 Å². The molecule has 0 saturated heterocycles. The monoisotopic (exact) mass is 336 g/mol. The number of rotatable bonds is 6. The molecule has 4 heteroatoms. The van der Waals surface area contributed by atoms with Gasteiger partial charge in [0.1, 0.15) is 5.76 Å². The number of carbonyl (C=O) groups excluding carboxylic acids is 1. The summed E-state index contributed by atoms with van der Waals surface area (Å²) in [5.41, 5.74) is 1.20. The number of allylic oxidation sites excluding steroid dienone is 1. The zero-order valence-electron chi connectivity index (χ0n) is 14.0. The van der Waals surface area contributed by atoms with E-state index in [1.54, 1.807) is 6.08 Å². The van der Waals surface area contributed by atoms with Gasteiger partial charge in [-0.25, -0.2) is 0 Å². The van der Waals surface area contributed by atoms with Crippen molar-refractivity contribution in [3.8, 4) is 0 Å². The molecule has 1 aliphatic carbocycles. The molecule has 1 N–H and O–H groups in total. The summed E-state index contributed by atoms with van der Waals surface area (Å²) in [6, 6.07) is 19.1. The van der Waals surface area contributed by atoms with Crippen molar-refractivity contribution in [3.05, 3.63) is 89.4 Å². The molecule has 0 fully saturated rings. The van der Waals surface area contributed by atoms with Gasteiger partial charge in [-0.05, 0) is 17.2 Å². The van der Waals surface area contributed by atoms with Gasteiger partial charge in [0, 0.05) is 12.0 Å². The highest BCUT2D eigenvalue weighted by Gasteiger charge is 2.41. The largest absolute Gasteiger partial charge is 0.504 e. The van der Waals surface area contributed by atoms with Gasteiger partial charge in [-0.1, -0.05) is 60.7 Å². The zero-order valence-corrected chi connectivity index (χ0v) is 14.0. The molecule has 0 saturated carbocycles. The van der Waals surface area contributed by atoms with Gasteiger partial charge >= 0.3 is 0 Å². The number of aliphatic hydroxyl groups is 1. The van der Waals surface area contributed by atoms with Crippen molar-refractivity contribution in [1.29, 1.82) is 0 Å². The highest BCUT2D eigenvalue weighted by molar-refractivity contribution is 5.91. The molecule has 4 nitrogen and oxygen atoms in total. The minimum Gasteiger partial charge on any atom is -0.504 e. The first-order valence-corrected chi connectivity index (χ1v) is 8.06. The average Bonchev–Trinajstić information content (AvgIpc) is 2.68. The topological polar surface area (TPSA) is 55.8 Å². The van der Waals surface area contributed by atoms with Crippen molar-refractivity contribution in [3.63, 3.8) is 0 Å². The fourth-order valence-corrected chi connectivity index (χ4v) is 2.94. The van der Waals surface area contributed by atoms with Crippen LogP contribution in [0.3, 0.4) is 0 Å². The molecule has 0 heterocycles. The molecule has 1 aliphatic rings. The molecular weight excluding hydrogens is 316 g/mol. The fraction of sp³-hybridized carbons (Fsp3) is 0.190. The molecule has 2 aromatic rings. The molecule has 3 rings (SSSR count). The Labute approximate surface area is 147 Å². The van der Waals surface area contributed by atoms with Crippen LogP contribution in [0, 0.1) is 0 Å². The summed E-state index contributed by atoms with van der Waals surface area (Å²) in [5.74, 6) is 0.349. The van der Waals surface area contributed by atoms with Crippen molar-refractivity contribution < 1.29 is 19.4 Å². The standard InChI is InChI=1S/C21H20O4/c1-24-20-13-21(15-22,25-14-16-8-4-2-5-9-16)18(12-19(20)23)17-10-6-3-7-11-17/h2-12,15,23H,13-14H2,1H3. The molecular formula is C21H20O4. The second kappa shape index (κ2) is 7.36. The van der Waals surface area contributed by atoms with Crippen molar-refractivity contribution in [2.75, 3.05) is 7.11 Å². The van der Waals surface area contributed by atoms with E-state index >= 15 is 0 Å². The highest BCUT2D eigenvalue weighted by atomic mass is 16.5. The lowest BCUT2D eigenvalue weighted by Gasteiger charge is -2.34. The third-order valence-corrected chi connectivity index (χ3v) is 4.31. The Bertz CT molecular complexity index is 793. The maximum atomic E-state index is 12.1. The number of aliphatic hydroxyl groups excluding tert-OH is 1. The molecule has 1 unspecified atom stereocenters. The van der Waals surface area contributed by atoms with Crippen LogP contribution in [0.4, 0.5) is 0 Å². The van der Waals surface area contributed by atoms with E-state index in [0.717, 1.165) is 17.4 Å². The summed E-state index contributed by atoms with van der Waals surface area (Å²) in [6.07, 6.45) is 2.49. The van der Waals surface area contributed by atoms with Gasteiger partial charge in [0.2, 0.25) is 0 Å². The smallest absolute Gasteiger partial charge is 0.156 e. The Morgan fingerprint density at radius 1 is 1.08 bits per heavy atom. The van der Waals surface area contributed by atoms with E-state index in [0.29, 0.717) is 11.3 Å². The third-order valence-electron chi connectivity index (χ3n) is 4.31. The Morgan fingerprint density at radius 3 is 2.32 bits per heavy atom. The molecule has 25 heavy (non-hydrogen) atoms. The van der Waals surface area contributed by atoms with Crippen LogP contribution in [0.5, 0.6) is 0 Å². The molecule has 0 aliphatic heterocycles. The first-order valence-electron chi connectivity index (χ1n) is 8.06. The van der Waals surface area contributed by atoms with Crippen LogP contribution in [0.2, 0.25) is 0 Å². The predicted octanol–water partition coefficient (Wildman–Crippen LogP) is 4.04. The van der Waals surface area contributed by atoms with E-state index in [2.05, 4.69) is 0 Å². The molecule has 0 aromatic heterocycles. The second-order valence-electron chi connectivity index (χ2n) is 5.89. The van der Waals surface area contributed by atoms with E-state index in [1.165, 1.54) is 7.11 Å². The van der Waals surface area contributed by atoms with Gasteiger partial charge < -0.3 is 14.6 Å². The number of carbonyl (C=O) groups is 1. The van der Waals surface area contributed by atoms with E-state index in [1.807, 2.05) is 60.7 Å². The maximum Gasteiger partial charge on any atom is 0.156 e. The normalized spacial score (nSPS) is 20.1. The fourth-order valence-electron chi connectivity index (χ4n) is 2.94. The zero-order chi connectivity index (χ0) is 17.7. The second-order valence-corrected chi connectivity index (χ2v) is 5.89. The lowest BCUT2D eigenvalue weighted by Crippen LogP contribution is -2.39. The first kappa shape index (κ1) is 17.0. The Kier molecular flexibility index (Phi) is 5.00. The Balaban J connectivity index is 1.99. The van der Waals surface area contributed by atoms with E-state index in [4.69, 9.17) is 9.47 Å².